The van der Waals surface area contributed by atoms with E-state index in [9.17, 15) is 8.42 Å². The van der Waals surface area contributed by atoms with Crippen molar-refractivity contribution in [2.24, 2.45) is 0 Å². The van der Waals surface area contributed by atoms with Gasteiger partial charge in [0.1, 0.15) is 4.90 Å². The third-order valence-corrected chi connectivity index (χ3v) is 6.11. The molecule has 1 aliphatic carbocycles. The lowest BCUT2D eigenvalue weighted by Crippen LogP contribution is -2.15. The van der Waals surface area contributed by atoms with Gasteiger partial charge in [-0.1, -0.05) is 23.4 Å². The van der Waals surface area contributed by atoms with Crippen LogP contribution in [-0.4, -0.2) is 23.5 Å². The molecule has 26 heavy (non-hydrogen) atoms. The van der Waals surface area contributed by atoms with Gasteiger partial charge in [-0.15, -0.1) is 0 Å². The van der Waals surface area contributed by atoms with Crippen LogP contribution in [0.1, 0.15) is 41.5 Å². The van der Waals surface area contributed by atoms with E-state index in [4.69, 9.17) is 4.52 Å². The average Bonchev–Trinajstić information content (AvgIpc) is 3.23. The Morgan fingerprint density at radius 2 is 1.88 bits per heavy atom. The fraction of sp³-hybridized carbons (Fsp3) is 0.333. The number of rotatable bonds is 5. The van der Waals surface area contributed by atoms with Crippen molar-refractivity contribution in [1.82, 2.24) is 15.1 Å². The maximum Gasteiger partial charge on any atom is 0.264 e. The van der Waals surface area contributed by atoms with Crippen LogP contribution in [0, 0.1) is 20.8 Å². The molecule has 0 aliphatic heterocycles. The summed E-state index contributed by atoms with van der Waals surface area (Å²) in [5, 5.41) is 4.01. The van der Waals surface area contributed by atoms with E-state index >= 15 is 0 Å². The molecule has 8 heteroatoms. The van der Waals surface area contributed by atoms with Crippen LogP contribution in [0.5, 0.6) is 0 Å². The Morgan fingerprint density at radius 3 is 2.58 bits per heavy atom. The van der Waals surface area contributed by atoms with Gasteiger partial charge in [0, 0.05) is 17.3 Å². The minimum Gasteiger partial charge on any atom is -0.361 e. The highest BCUT2D eigenvalue weighted by atomic mass is 32.2. The van der Waals surface area contributed by atoms with Gasteiger partial charge in [-0.2, -0.15) is 4.98 Å². The zero-order chi connectivity index (χ0) is 18.5. The summed E-state index contributed by atoms with van der Waals surface area (Å²) in [6, 6.07) is 7.25. The van der Waals surface area contributed by atoms with Crippen molar-refractivity contribution in [2.45, 2.75) is 44.4 Å². The molecule has 3 aromatic rings. The molecule has 1 saturated carbocycles. The predicted molar refractivity (Wildman–Crippen MR) is 97.5 cm³/mol. The molecule has 0 atom stereocenters. The van der Waals surface area contributed by atoms with E-state index in [1.165, 1.54) is 0 Å². The molecule has 0 spiro atoms. The summed E-state index contributed by atoms with van der Waals surface area (Å²) in [6.07, 6.45) is 2.09. The minimum atomic E-state index is -3.83. The summed E-state index contributed by atoms with van der Waals surface area (Å²) >= 11 is 0. The zero-order valence-electron chi connectivity index (χ0n) is 14.8. The van der Waals surface area contributed by atoms with E-state index in [0.29, 0.717) is 34.4 Å². The Hall–Kier alpha value is -2.61. The Labute approximate surface area is 151 Å². The number of anilines is 1. The second kappa shape index (κ2) is 5.98. The highest BCUT2D eigenvalue weighted by Crippen LogP contribution is 2.40. The van der Waals surface area contributed by atoms with Crippen molar-refractivity contribution >= 4 is 15.7 Å². The highest BCUT2D eigenvalue weighted by Gasteiger charge is 2.33. The van der Waals surface area contributed by atoms with Crippen molar-refractivity contribution in [1.29, 1.82) is 0 Å². The van der Waals surface area contributed by atoms with Crippen molar-refractivity contribution in [3.05, 3.63) is 47.0 Å². The number of aryl methyl sites for hydroxylation is 3. The van der Waals surface area contributed by atoms with Gasteiger partial charge in [0.15, 0.2) is 5.82 Å². The van der Waals surface area contributed by atoms with E-state index < -0.39 is 10.0 Å². The molecule has 2 aromatic heterocycles. The third kappa shape index (κ3) is 2.90. The number of para-hydroxylation sites is 1. The van der Waals surface area contributed by atoms with Crippen molar-refractivity contribution < 1.29 is 12.9 Å². The molecule has 0 amide bonds. The first-order valence-electron chi connectivity index (χ1n) is 8.48. The van der Waals surface area contributed by atoms with Crippen LogP contribution in [0.4, 0.5) is 5.69 Å². The molecule has 0 bridgehead atoms. The summed E-state index contributed by atoms with van der Waals surface area (Å²) < 4.78 is 34.3. The van der Waals surface area contributed by atoms with E-state index in [-0.39, 0.29) is 10.8 Å². The molecular formula is C18H20N4O3S. The van der Waals surface area contributed by atoms with Gasteiger partial charge in [0.05, 0.1) is 11.3 Å². The van der Waals surface area contributed by atoms with Gasteiger partial charge in [0.25, 0.3) is 15.9 Å². The number of sulfonamides is 1. The van der Waals surface area contributed by atoms with E-state index in [0.717, 1.165) is 18.4 Å². The molecule has 2 N–H and O–H groups in total. The summed E-state index contributed by atoms with van der Waals surface area (Å²) in [7, 11) is -3.83. The molecule has 0 radical (unpaired) electrons. The SMILES string of the molecule is Cc1ccccc1NS(=O)(=O)c1c(C)[nH]c(C)c1-c1nc(C2CC2)no1. The predicted octanol–water partition coefficient (Wildman–Crippen LogP) is 3.67. The number of hydrogen-bond acceptors (Lipinski definition) is 5. The lowest BCUT2D eigenvalue weighted by molar-refractivity contribution is 0.421. The lowest BCUT2D eigenvalue weighted by Gasteiger charge is -2.11. The standard InChI is InChI=1S/C18H20N4O3S/c1-10-6-4-5-7-14(10)22-26(23,24)16-12(3)19-11(2)15(16)18-20-17(21-25-18)13-8-9-13/h4-7,13,19,22H,8-9H2,1-3H3. The summed E-state index contributed by atoms with van der Waals surface area (Å²) in [4.78, 5) is 7.66. The van der Waals surface area contributed by atoms with E-state index in [1.54, 1.807) is 26.0 Å². The normalized spacial score (nSPS) is 14.6. The Morgan fingerprint density at radius 1 is 1.15 bits per heavy atom. The Kier molecular flexibility index (Phi) is 3.87. The van der Waals surface area contributed by atoms with Crippen LogP contribution in [-0.2, 0) is 10.0 Å². The van der Waals surface area contributed by atoms with Crippen molar-refractivity contribution in [2.75, 3.05) is 4.72 Å². The third-order valence-electron chi connectivity index (χ3n) is 4.57. The molecule has 1 aliphatic rings. The van der Waals surface area contributed by atoms with Gasteiger partial charge in [-0.3, -0.25) is 4.72 Å². The van der Waals surface area contributed by atoms with E-state index in [1.807, 2.05) is 19.1 Å². The van der Waals surface area contributed by atoms with Crippen LogP contribution in [0.15, 0.2) is 33.7 Å². The number of benzene rings is 1. The summed E-state index contributed by atoms with van der Waals surface area (Å²) in [6.45, 7) is 5.38. The zero-order valence-corrected chi connectivity index (χ0v) is 15.6. The second-order valence-corrected chi connectivity index (χ2v) is 8.35. The van der Waals surface area contributed by atoms with Crippen LogP contribution in [0.25, 0.3) is 11.5 Å². The van der Waals surface area contributed by atoms with Gasteiger partial charge < -0.3 is 9.51 Å². The average molecular weight is 372 g/mol. The molecule has 136 valence electrons. The van der Waals surface area contributed by atoms with Gasteiger partial charge in [-0.25, -0.2) is 8.42 Å². The molecule has 2 heterocycles. The fourth-order valence-electron chi connectivity index (χ4n) is 3.08. The van der Waals surface area contributed by atoms with Gasteiger partial charge >= 0.3 is 0 Å². The first-order valence-corrected chi connectivity index (χ1v) is 9.96. The molecule has 0 saturated heterocycles. The minimum absolute atomic E-state index is 0.143. The Bertz CT molecular complexity index is 1080. The van der Waals surface area contributed by atoms with Crippen molar-refractivity contribution in [3.63, 3.8) is 0 Å². The highest BCUT2D eigenvalue weighted by molar-refractivity contribution is 7.93. The van der Waals surface area contributed by atoms with Crippen molar-refractivity contribution in [3.8, 4) is 11.5 Å². The van der Waals surface area contributed by atoms with Crippen LogP contribution in [0.2, 0.25) is 0 Å². The monoisotopic (exact) mass is 372 g/mol. The number of aromatic amines is 1. The summed E-state index contributed by atoms with van der Waals surface area (Å²) in [5.41, 5.74) is 3.03. The van der Waals surface area contributed by atoms with Crippen LogP contribution >= 0.6 is 0 Å². The van der Waals surface area contributed by atoms with E-state index in [2.05, 4.69) is 19.8 Å². The Balaban J connectivity index is 1.79. The molecule has 7 nitrogen and oxygen atoms in total. The lowest BCUT2D eigenvalue weighted by atomic mass is 10.2. The maximum atomic E-state index is 13.1. The topological polar surface area (TPSA) is 101 Å². The maximum absolute atomic E-state index is 13.1. The van der Waals surface area contributed by atoms with Crippen LogP contribution in [0.3, 0.4) is 0 Å². The van der Waals surface area contributed by atoms with Gasteiger partial charge in [-0.05, 0) is 45.2 Å². The molecule has 1 aromatic carbocycles. The fourth-order valence-corrected chi connectivity index (χ4v) is 4.66. The quantitative estimate of drug-likeness (QED) is 0.712. The molecule has 0 unspecified atom stereocenters. The number of aromatic nitrogens is 3. The first-order chi connectivity index (χ1) is 12.4. The summed E-state index contributed by atoms with van der Waals surface area (Å²) in [5.74, 6) is 1.21. The smallest absolute Gasteiger partial charge is 0.264 e. The number of nitrogens with zero attached hydrogens (tertiary/aromatic N) is 2. The number of nitrogens with one attached hydrogen (secondary N) is 2. The number of hydrogen-bond donors (Lipinski definition) is 2. The molecule has 4 rings (SSSR count). The molecular weight excluding hydrogens is 352 g/mol. The second-order valence-electron chi connectivity index (χ2n) is 6.73. The number of H-pyrrole nitrogens is 1. The largest absolute Gasteiger partial charge is 0.361 e. The van der Waals surface area contributed by atoms with Gasteiger partial charge in [0.2, 0.25) is 0 Å². The first kappa shape index (κ1) is 16.8. The van der Waals surface area contributed by atoms with Crippen LogP contribution < -0.4 is 4.72 Å². The molecule has 1 fully saturated rings.